The zero-order chi connectivity index (χ0) is 15.3. The van der Waals surface area contributed by atoms with Crippen LogP contribution in [0.25, 0.3) is 0 Å². The zero-order valence-electron chi connectivity index (χ0n) is 11.8. The molecule has 0 saturated carbocycles. The maximum absolute atomic E-state index is 11.6. The second-order valence-electron chi connectivity index (χ2n) is 5.28. The van der Waals surface area contributed by atoms with Gasteiger partial charge in [-0.25, -0.2) is 0 Å². The Hall–Kier alpha value is -1.84. The molecule has 0 aliphatic carbocycles. The van der Waals surface area contributed by atoms with Crippen LogP contribution in [0.5, 0.6) is 0 Å². The van der Waals surface area contributed by atoms with Gasteiger partial charge in [-0.3, -0.25) is 10.1 Å². The largest absolute Gasteiger partial charge is 0.480 e. The number of rotatable bonds is 6. The van der Waals surface area contributed by atoms with Gasteiger partial charge in [0.25, 0.3) is 0 Å². The van der Waals surface area contributed by atoms with Gasteiger partial charge in [0, 0.05) is 18.0 Å². The number of carboxylic acids is 1. The third-order valence-electron chi connectivity index (χ3n) is 3.47. The summed E-state index contributed by atoms with van der Waals surface area (Å²) in [7, 11) is 0. The van der Waals surface area contributed by atoms with E-state index in [0.717, 1.165) is 11.1 Å². The number of hydrogen-bond donors (Lipinski definition) is 2. The predicted molar refractivity (Wildman–Crippen MR) is 84.5 cm³/mol. The van der Waals surface area contributed by atoms with Crippen LogP contribution in [0.2, 0.25) is 5.02 Å². The van der Waals surface area contributed by atoms with Crippen LogP contribution < -0.4 is 5.32 Å². The third-order valence-corrected chi connectivity index (χ3v) is 3.72. The summed E-state index contributed by atoms with van der Waals surface area (Å²) in [6.07, 6.45) is 0.395. The van der Waals surface area contributed by atoms with Gasteiger partial charge in [0.1, 0.15) is 5.54 Å². The normalized spacial score (nSPS) is 13.6. The first-order valence-electron chi connectivity index (χ1n) is 6.76. The molecule has 1 unspecified atom stereocenters. The summed E-state index contributed by atoms with van der Waals surface area (Å²) in [6, 6.07) is 17.0. The molecule has 0 fully saturated rings. The monoisotopic (exact) mass is 303 g/mol. The molecule has 21 heavy (non-hydrogen) atoms. The maximum atomic E-state index is 11.6. The second kappa shape index (κ2) is 6.74. The van der Waals surface area contributed by atoms with Crippen molar-refractivity contribution in [2.75, 3.05) is 0 Å². The number of benzene rings is 2. The summed E-state index contributed by atoms with van der Waals surface area (Å²) < 4.78 is 0. The summed E-state index contributed by atoms with van der Waals surface area (Å²) in [5, 5.41) is 13.3. The minimum Gasteiger partial charge on any atom is -0.480 e. The number of nitrogens with one attached hydrogen (secondary N) is 1. The second-order valence-corrected chi connectivity index (χ2v) is 5.72. The van der Waals surface area contributed by atoms with Crippen molar-refractivity contribution in [3.05, 3.63) is 70.7 Å². The summed E-state index contributed by atoms with van der Waals surface area (Å²) in [6.45, 7) is 2.21. The van der Waals surface area contributed by atoms with E-state index in [4.69, 9.17) is 11.6 Å². The molecule has 0 aliphatic heterocycles. The highest BCUT2D eigenvalue weighted by molar-refractivity contribution is 6.30. The van der Waals surface area contributed by atoms with Crippen LogP contribution >= 0.6 is 11.6 Å². The lowest BCUT2D eigenvalue weighted by Crippen LogP contribution is -2.50. The highest BCUT2D eigenvalue weighted by Gasteiger charge is 2.32. The van der Waals surface area contributed by atoms with Gasteiger partial charge in [-0.1, -0.05) is 54.1 Å². The molecule has 1 atom stereocenters. The van der Waals surface area contributed by atoms with Gasteiger partial charge in [-0.15, -0.1) is 0 Å². The Morgan fingerprint density at radius 3 is 2.29 bits per heavy atom. The molecule has 0 amide bonds. The molecule has 2 rings (SSSR count). The molecule has 0 aliphatic rings. The van der Waals surface area contributed by atoms with Crippen LogP contribution in [0.4, 0.5) is 0 Å². The van der Waals surface area contributed by atoms with Crippen molar-refractivity contribution >= 4 is 17.6 Å². The fourth-order valence-electron chi connectivity index (χ4n) is 2.12. The average molecular weight is 304 g/mol. The summed E-state index contributed by atoms with van der Waals surface area (Å²) in [5.41, 5.74) is 0.967. The molecule has 2 aromatic carbocycles. The molecule has 2 aromatic rings. The number of aliphatic carboxylic acids is 1. The fraction of sp³-hybridized carbons (Fsp3) is 0.235. The van der Waals surface area contributed by atoms with Gasteiger partial charge >= 0.3 is 5.97 Å². The first-order valence-corrected chi connectivity index (χ1v) is 7.14. The van der Waals surface area contributed by atoms with Crippen molar-refractivity contribution in [2.45, 2.75) is 25.4 Å². The number of halogens is 1. The summed E-state index contributed by atoms with van der Waals surface area (Å²) in [5.74, 6) is -0.867. The molecule has 0 bridgehead atoms. The van der Waals surface area contributed by atoms with Crippen molar-refractivity contribution in [3.8, 4) is 0 Å². The van der Waals surface area contributed by atoms with Crippen LogP contribution in [-0.4, -0.2) is 16.6 Å². The van der Waals surface area contributed by atoms with E-state index < -0.39 is 11.5 Å². The Labute approximate surface area is 129 Å². The molecule has 0 heterocycles. The van der Waals surface area contributed by atoms with Crippen molar-refractivity contribution < 1.29 is 9.90 Å². The van der Waals surface area contributed by atoms with Gasteiger partial charge in [-0.2, -0.15) is 0 Å². The van der Waals surface area contributed by atoms with Gasteiger partial charge < -0.3 is 5.11 Å². The van der Waals surface area contributed by atoms with E-state index in [1.165, 1.54) is 0 Å². The van der Waals surface area contributed by atoms with Crippen molar-refractivity contribution in [1.82, 2.24) is 5.32 Å². The lowest BCUT2D eigenvalue weighted by atomic mass is 9.92. The van der Waals surface area contributed by atoms with Crippen LogP contribution in [0, 0.1) is 0 Å². The molecule has 0 spiro atoms. The Morgan fingerprint density at radius 1 is 1.10 bits per heavy atom. The first kappa shape index (κ1) is 15.5. The van der Waals surface area contributed by atoms with E-state index in [2.05, 4.69) is 5.32 Å². The van der Waals surface area contributed by atoms with Gasteiger partial charge in [0.05, 0.1) is 0 Å². The predicted octanol–water partition coefficient (Wildman–Crippen LogP) is 3.52. The molecule has 0 radical (unpaired) electrons. The Bertz CT molecular complexity index is 598. The minimum atomic E-state index is -1.02. The van der Waals surface area contributed by atoms with Crippen molar-refractivity contribution in [1.29, 1.82) is 0 Å². The molecule has 0 saturated heterocycles. The Morgan fingerprint density at radius 2 is 1.71 bits per heavy atom. The number of carbonyl (C=O) groups is 1. The van der Waals surface area contributed by atoms with Crippen LogP contribution in [0.3, 0.4) is 0 Å². The molecule has 3 nitrogen and oxygen atoms in total. The molecule has 2 N–H and O–H groups in total. The van der Waals surface area contributed by atoms with E-state index in [9.17, 15) is 9.90 Å². The zero-order valence-corrected chi connectivity index (χ0v) is 12.6. The topological polar surface area (TPSA) is 49.3 Å². The Balaban J connectivity index is 2.09. The van der Waals surface area contributed by atoms with Gasteiger partial charge in [0.15, 0.2) is 0 Å². The van der Waals surface area contributed by atoms with Crippen LogP contribution in [0.1, 0.15) is 18.1 Å². The molecule has 110 valence electrons. The molecule has 0 aromatic heterocycles. The van der Waals surface area contributed by atoms with Gasteiger partial charge in [-0.05, 0) is 30.2 Å². The first-order chi connectivity index (χ1) is 9.99. The SMILES string of the molecule is CC(Cc1ccc(Cl)cc1)(NCc1ccccc1)C(=O)O. The lowest BCUT2D eigenvalue weighted by Gasteiger charge is -2.26. The molecular formula is C17H18ClNO2. The number of carboxylic acid groups (broad SMARTS) is 1. The van der Waals surface area contributed by atoms with E-state index in [-0.39, 0.29) is 0 Å². The maximum Gasteiger partial charge on any atom is 0.323 e. The minimum absolute atomic E-state index is 0.395. The quantitative estimate of drug-likeness (QED) is 0.858. The highest BCUT2D eigenvalue weighted by Crippen LogP contribution is 2.17. The van der Waals surface area contributed by atoms with E-state index in [1.807, 2.05) is 42.5 Å². The van der Waals surface area contributed by atoms with E-state index >= 15 is 0 Å². The van der Waals surface area contributed by atoms with Crippen LogP contribution in [0.15, 0.2) is 54.6 Å². The lowest BCUT2D eigenvalue weighted by molar-refractivity contribution is -0.144. The van der Waals surface area contributed by atoms with Gasteiger partial charge in [0.2, 0.25) is 0 Å². The van der Waals surface area contributed by atoms with Crippen molar-refractivity contribution in [3.63, 3.8) is 0 Å². The van der Waals surface area contributed by atoms with Crippen LogP contribution in [-0.2, 0) is 17.8 Å². The highest BCUT2D eigenvalue weighted by atomic mass is 35.5. The van der Waals surface area contributed by atoms with E-state index in [1.54, 1.807) is 19.1 Å². The summed E-state index contributed by atoms with van der Waals surface area (Å²) >= 11 is 5.85. The molecule has 4 heteroatoms. The third kappa shape index (κ3) is 4.31. The molecular weight excluding hydrogens is 286 g/mol. The summed E-state index contributed by atoms with van der Waals surface area (Å²) in [4.78, 5) is 11.6. The average Bonchev–Trinajstić information content (AvgIpc) is 2.48. The number of hydrogen-bond acceptors (Lipinski definition) is 2. The smallest absolute Gasteiger partial charge is 0.323 e. The standard InChI is InChI=1S/C17H18ClNO2/c1-17(16(20)21,11-13-7-9-15(18)10-8-13)19-12-14-5-3-2-4-6-14/h2-10,19H,11-12H2,1H3,(H,20,21). The Kier molecular flexibility index (Phi) is 4.99. The van der Waals surface area contributed by atoms with E-state index in [0.29, 0.717) is 18.0 Å². The van der Waals surface area contributed by atoms with Crippen molar-refractivity contribution in [2.24, 2.45) is 0 Å². The fourth-order valence-corrected chi connectivity index (χ4v) is 2.24.